The first kappa shape index (κ1) is 12.7. The molecule has 0 saturated heterocycles. The van der Waals surface area contributed by atoms with Gasteiger partial charge in [-0.1, -0.05) is 32.9 Å². The molecule has 0 spiro atoms. The summed E-state index contributed by atoms with van der Waals surface area (Å²) in [5, 5.41) is 0. The first-order valence-corrected chi connectivity index (χ1v) is 4.83. The topological polar surface area (TPSA) is 17.1 Å². The molecule has 0 aromatic heterocycles. The van der Waals surface area contributed by atoms with Crippen LogP contribution < -0.4 is 0 Å². The van der Waals surface area contributed by atoms with Gasteiger partial charge < -0.3 is 0 Å². The highest BCUT2D eigenvalue weighted by Gasteiger charge is 2.36. The summed E-state index contributed by atoms with van der Waals surface area (Å²) < 4.78 is 38.3. The van der Waals surface area contributed by atoms with Crippen molar-refractivity contribution >= 4 is 6.29 Å². The molecule has 1 nitrogen and oxygen atoms in total. The van der Waals surface area contributed by atoms with Crippen molar-refractivity contribution in [2.24, 2.45) is 0 Å². The van der Waals surface area contributed by atoms with Crippen LogP contribution in [0.3, 0.4) is 0 Å². The fourth-order valence-electron chi connectivity index (χ4n) is 1.52. The van der Waals surface area contributed by atoms with Crippen molar-refractivity contribution in [3.63, 3.8) is 0 Å². The number of alkyl halides is 3. The summed E-state index contributed by atoms with van der Waals surface area (Å²) in [5.41, 5.74) is -1.10. The molecule has 0 N–H and O–H groups in total. The van der Waals surface area contributed by atoms with Gasteiger partial charge in [-0.25, -0.2) is 0 Å². The number of carbonyl (C=O) groups excluding carboxylic acids is 1. The highest BCUT2D eigenvalue weighted by Crippen LogP contribution is 2.37. The molecule has 0 heterocycles. The SMILES string of the molecule is CC(C)(C)c1ccc(C=O)cc1C(F)(F)F. The van der Waals surface area contributed by atoms with Crippen LogP contribution in [0, 0.1) is 0 Å². The van der Waals surface area contributed by atoms with Gasteiger partial charge in [-0.3, -0.25) is 4.79 Å². The van der Waals surface area contributed by atoms with E-state index in [1.165, 1.54) is 12.1 Å². The van der Waals surface area contributed by atoms with Crippen molar-refractivity contribution in [2.75, 3.05) is 0 Å². The van der Waals surface area contributed by atoms with Crippen molar-refractivity contribution in [1.82, 2.24) is 0 Å². The lowest BCUT2D eigenvalue weighted by Crippen LogP contribution is -2.19. The average molecular weight is 230 g/mol. The Labute approximate surface area is 92.3 Å². The van der Waals surface area contributed by atoms with E-state index in [9.17, 15) is 18.0 Å². The molecule has 88 valence electrons. The molecule has 0 amide bonds. The zero-order valence-corrected chi connectivity index (χ0v) is 9.35. The summed E-state index contributed by atoms with van der Waals surface area (Å²) in [6.45, 7) is 5.12. The van der Waals surface area contributed by atoms with Gasteiger partial charge in [-0.2, -0.15) is 13.2 Å². The van der Waals surface area contributed by atoms with Gasteiger partial charge in [0.05, 0.1) is 5.56 Å². The number of carbonyl (C=O) groups is 1. The molecule has 0 unspecified atom stereocenters. The highest BCUT2D eigenvalue weighted by atomic mass is 19.4. The largest absolute Gasteiger partial charge is 0.416 e. The van der Waals surface area contributed by atoms with E-state index in [0.29, 0.717) is 6.29 Å². The Bertz CT molecular complexity index is 400. The highest BCUT2D eigenvalue weighted by molar-refractivity contribution is 5.75. The Morgan fingerprint density at radius 2 is 1.62 bits per heavy atom. The van der Waals surface area contributed by atoms with Crippen LogP contribution >= 0.6 is 0 Å². The summed E-state index contributed by atoms with van der Waals surface area (Å²) in [6, 6.07) is 3.67. The van der Waals surface area contributed by atoms with Crippen molar-refractivity contribution in [3.8, 4) is 0 Å². The van der Waals surface area contributed by atoms with Crippen molar-refractivity contribution in [3.05, 3.63) is 34.9 Å². The summed E-state index contributed by atoms with van der Waals surface area (Å²) in [4.78, 5) is 10.5. The van der Waals surface area contributed by atoms with Gasteiger partial charge in [0.25, 0.3) is 0 Å². The third kappa shape index (κ3) is 2.62. The van der Waals surface area contributed by atoms with Crippen LogP contribution in [0.1, 0.15) is 42.3 Å². The van der Waals surface area contributed by atoms with Crippen LogP contribution in [0.15, 0.2) is 18.2 Å². The smallest absolute Gasteiger partial charge is 0.298 e. The third-order valence-electron chi connectivity index (χ3n) is 2.29. The Morgan fingerprint density at radius 3 is 2.00 bits per heavy atom. The van der Waals surface area contributed by atoms with E-state index < -0.39 is 17.2 Å². The number of halogens is 3. The maximum atomic E-state index is 12.8. The third-order valence-corrected chi connectivity index (χ3v) is 2.29. The van der Waals surface area contributed by atoms with E-state index in [1.54, 1.807) is 20.8 Å². The van der Waals surface area contributed by atoms with Crippen LogP contribution in [0.2, 0.25) is 0 Å². The first-order valence-electron chi connectivity index (χ1n) is 4.83. The molecule has 0 aliphatic heterocycles. The Morgan fingerprint density at radius 1 is 1.06 bits per heavy atom. The standard InChI is InChI=1S/C12H13F3O/c1-11(2,3)9-5-4-8(7-16)6-10(9)12(13,14)15/h4-7H,1-3H3. The normalized spacial score (nSPS) is 12.6. The molecule has 16 heavy (non-hydrogen) atoms. The Hall–Kier alpha value is -1.32. The second-order valence-corrected chi connectivity index (χ2v) is 4.67. The molecule has 0 fully saturated rings. The van der Waals surface area contributed by atoms with E-state index in [-0.39, 0.29) is 11.1 Å². The minimum atomic E-state index is -4.43. The van der Waals surface area contributed by atoms with Crippen LogP contribution in [0.25, 0.3) is 0 Å². The minimum absolute atomic E-state index is 0.0420. The van der Waals surface area contributed by atoms with Crippen LogP contribution in [0.5, 0.6) is 0 Å². The molecule has 0 atom stereocenters. The average Bonchev–Trinajstić information content (AvgIpc) is 2.14. The lowest BCUT2D eigenvalue weighted by molar-refractivity contribution is -0.138. The summed E-state index contributed by atoms with van der Waals surface area (Å²) in [6.07, 6.45) is -4.01. The Kier molecular flexibility index (Phi) is 3.13. The molecule has 0 aliphatic rings. The number of benzene rings is 1. The van der Waals surface area contributed by atoms with Gasteiger partial charge in [0, 0.05) is 5.56 Å². The fourth-order valence-corrected chi connectivity index (χ4v) is 1.52. The maximum Gasteiger partial charge on any atom is 0.416 e. The zero-order valence-electron chi connectivity index (χ0n) is 9.35. The molecule has 0 aliphatic carbocycles. The van der Waals surface area contributed by atoms with E-state index in [2.05, 4.69) is 0 Å². The molecule has 1 aromatic rings. The van der Waals surface area contributed by atoms with Crippen molar-refractivity contribution < 1.29 is 18.0 Å². The second kappa shape index (κ2) is 3.92. The van der Waals surface area contributed by atoms with Crippen molar-refractivity contribution in [1.29, 1.82) is 0 Å². The summed E-state index contributed by atoms with van der Waals surface area (Å²) in [7, 11) is 0. The predicted octanol–water partition coefficient (Wildman–Crippen LogP) is 3.82. The van der Waals surface area contributed by atoms with Gasteiger partial charge >= 0.3 is 6.18 Å². The molecule has 1 aromatic carbocycles. The fraction of sp³-hybridized carbons (Fsp3) is 0.417. The molecule has 0 bridgehead atoms. The van der Waals surface area contributed by atoms with Crippen LogP contribution in [-0.2, 0) is 11.6 Å². The van der Waals surface area contributed by atoms with E-state index in [0.717, 1.165) is 6.07 Å². The molecule has 0 saturated carbocycles. The molecule has 1 rings (SSSR count). The number of hydrogen-bond acceptors (Lipinski definition) is 1. The lowest BCUT2D eigenvalue weighted by Gasteiger charge is -2.24. The zero-order chi connectivity index (χ0) is 12.6. The number of aldehydes is 1. The van der Waals surface area contributed by atoms with Gasteiger partial charge in [0.1, 0.15) is 6.29 Å². The lowest BCUT2D eigenvalue weighted by atomic mass is 9.83. The predicted molar refractivity (Wildman–Crippen MR) is 55.5 cm³/mol. The molecule has 0 radical (unpaired) electrons. The van der Waals surface area contributed by atoms with E-state index >= 15 is 0 Å². The number of rotatable bonds is 1. The van der Waals surface area contributed by atoms with Gasteiger partial charge in [-0.15, -0.1) is 0 Å². The minimum Gasteiger partial charge on any atom is -0.298 e. The summed E-state index contributed by atoms with van der Waals surface area (Å²) in [5.74, 6) is 0. The van der Waals surface area contributed by atoms with E-state index in [4.69, 9.17) is 0 Å². The Balaban J connectivity index is 3.45. The van der Waals surface area contributed by atoms with Crippen LogP contribution in [0.4, 0.5) is 13.2 Å². The van der Waals surface area contributed by atoms with Gasteiger partial charge in [0.2, 0.25) is 0 Å². The molecule has 4 heteroatoms. The number of hydrogen-bond donors (Lipinski definition) is 0. The molecular formula is C12H13F3O. The van der Waals surface area contributed by atoms with E-state index in [1.807, 2.05) is 0 Å². The quantitative estimate of drug-likeness (QED) is 0.670. The van der Waals surface area contributed by atoms with Gasteiger partial charge in [0.15, 0.2) is 0 Å². The van der Waals surface area contributed by atoms with Crippen molar-refractivity contribution in [2.45, 2.75) is 32.4 Å². The van der Waals surface area contributed by atoms with Crippen LogP contribution in [-0.4, -0.2) is 6.29 Å². The first-order chi connectivity index (χ1) is 7.16. The maximum absolute atomic E-state index is 12.8. The van der Waals surface area contributed by atoms with Gasteiger partial charge in [-0.05, 0) is 17.0 Å². The second-order valence-electron chi connectivity index (χ2n) is 4.67. The molecular weight excluding hydrogens is 217 g/mol. The monoisotopic (exact) mass is 230 g/mol. The summed E-state index contributed by atoms with van der Waals surface area (Å²) >= 11 is 0.